The number of aliphatic hydroxyl groups is 1. The minimum absolute atomic E-state index is 0.181. The summed E-state index contributed by atoms with van der Waals surface area (Å²) in [6, 6.07) is 0.809. The van der Waals surface area contributed by atoms with Crippen molar-refractivity contribution in [3.63, 3.8) is 0 Å². The molecule has 0 bridgehead atoms. The van der Waals surface area contributed by atoms with Crippen LogP contribution in [0.5, 0.6) is 0 Å². The smallest absolute Gasteiger partial charge is 0.0785 e. The molecule has 84 valence electrons. The first-order chi connectivity index (χ1) is 7.28. The zero-order valence-corrected chi connectivity index (χ0v) is 9.32. The van der Waals surface area contributed by atoms with Crippen molar-refractivity contribution in [3.05, 3.63) is 17.4 Å². The highest BCUT2D eigenvalue weighted by Crippen LogP contribution is 2.20. The molecule has 1 aromatic heterocycles. The van der Waals surface area contributed by atoms with E-state index in [1.165, 1.54) is 12.8 Å². The van der Waals surface area contributed by atoms with Crippen molar-refractivity contribution < 1.29 is 5.11 Å². The standard InChI is InChI=1S/C10H16ClN3O/c11-8-5-12-14(6-8)4-3-10(7-15)13-9-1-2-9/h5-6,9-10,13,15H,1-4,7H2. The molecule has 4 nitrogen and oxygen atoms in total. The van der Waals surface area contributed by atoms with Gasteiger partial charge in [0.25, 0.3) is 0 Å². The normalized spacial score (nSPS) is 18.0. The average molecular weight is 230 g/mol. The summed E-state index contributed by atoms with van der Waals surface area (Å²) < 4.78 is 1.81. The van der Waals surface area contributed by atoms with Crippen LogP contribution in [0.1, 0.15) is 19.3 Å². The Morgan fingerprint density at radius 2 is 2.47 bits per heavy atom. The van der Waals surface area contributed by atoms with Gasteiger partial charge in [0.05, 0.1) is 17.8 Å². The second-order valence-electron chi connectivity index (χ2n) is 4.03. The third-order valence-electron chi connectivity index (χ3n) is 2.58. The molecule has 5 heteroatoms. The molecule has 1 aromatic rings. The molecule has 1 atom stereocenters. The summed E-state index contributed by atoms with van der Waals surface area (Å²) in [6.07, 6.45) is 6.79. The average Bonchev–Trinajstić information content (AvgIpc) is 2.95. The van der Waals surface area contributed by atoms with E-state index in [4.69, 9.17) is 16.7 Å². The van der Waals surface area contributed by atoms with E-state index < -0.39 is 0 Å². The van der Waals surface area contributed by atoms with Crippen LogP contribution in [0.15, 0.2) is 12.4 Å². The highest BCUT2D eigenvalue weighted by molar-refractivity contribution is 6.30. The molecule has 0 spiro atoms. The lowest BCUT2D eigenvalue weighted by Crippen LogP contribution is -2.35. The number of aliphatic hydroxyl groups excluding tert-OH is 1. The van der Waals surface area contributed by atoms with Gasteiger partial charge >= 0.3 is 0 Å². The van der Waals surface area contributed by atoms with Crippen molar-refractivity contribution >= 4 is 11.6 Å². The van der Waals surface area contributed by atoms with E-state index >= 15 is 0 Å². The van der Waals surface area contributed by atoms with Crippen molar-refractivity contribution in [3.8, 4) is 0 Å². The molecule has 1 aliphatic carbocycles. The van der Waals surface area contributed by atoms with Crippen LogP contribution in [0.4, 0.5) is 0 Å². The summed E-state index contributed by atoms with van der Waals surface area (Å²) in [7, 11) is 0. The lowest BCUT2D eigenvalue weighted by Gasteiger charge is -2.15. The Kier molecular flexibility index (Phi) is 3.61. The lowest BCUT2D eigenvalue weighted by atomic mass is 10.2. The second-order valence-corrected chi connectivity index (χ2v) is 4.47. The van der Waals surface area contributed by atoms with Gasteiger partial charge in [0.15, 0.2) is 0 Å². The van der Waals surface area contributed by atoms with Crippen LogP contribution in [0.3, 0.4) is 0 Å². The number of hydrogen-bond acceptors (Lipinski definition) is 3. The van der Waals surface area contributed by atoms with Crippen LogP contribution >= 0.6 is 11.6 Å². The first-order valence-corrected chi connectivity index (χ1v) is 5.70. The maximum Gasteiger partial charge on any atom is 0.0785 e. The van der Waals surface area contributed by atoms with Crippen LogP contribution < -0.4 is 5.32 Å². The largest absolute Gasteiger partial charge is 0.395 e. The Labute approximate surface area is 94.2 Å². The minimum atomic E-state index is 0.181. The van der Waals surface area contributed by atoms with Gasteiger partial charge in [-0.2, -0.15) is 5.10 Å². The van der Waals surface area contributed by atoms with Crippen LogP contribution in [-0.4, -0.2) is 33.6 Å². The fourth-order valence-electron chi connectivity index (χ4n) is 1.56. The predicted molar refractivity (Wildman–Crippen MR) is 58.9 cm³/mol. The molecule has 0 radical (unpaired) electrons. The molecule has 0 saturated heterocycles. The van der Waals surface area contributed by atoms with Gasteiger partial charge in [0.1, 0.15) is 0 Å². The second kappa shape index (κ2) is 4.96. The van der Waals surface area contributed by atoms with Gasteiger partial charge in [-0.1, -0.05) is 11.6 Å². The zero-order chi connectivity index (χ0) is 10.7. The third-order valence-corrected chi connectivity index (χ3v) is 2.77. The predicted octanol–water partition coefficient (Wildman–Crippen LogP) is 1.04. The molecule has 1 heterocycles. The summed E-state index contributed by atoms with van der Waals surface area (Å²) >= 11 is 5.76. The Morgan fingerprint density at radius 3 is 3.00 bits per heavy atom. The molecule has 1 fully saturated rings. The molecule has 0 amide bonds. The highest BCUT2D eigenvalue weighted by atomic mass is 35.5. The summed E-state index contributed by atoms with van der Waals surface area (Å²) in [5, 5.41) is 17.3. The monoisotopic (exact) mass is 229 g/mol. The maximum absolute atomic E-state index is 9.17. The summed E-state index contributed by atoms with van der Waals surface area (Å²) in [5.41, 5.74) is 0. The van der Waals surface area contributed by atoms with Crippen molar-refractivity contribution in [1.29, 1.82) is 0 Å². The summed E-state index contributed by atoms with van der Waals surface area (Å²) in [4.78, 5) is 0. The molecule has 1 aliphatic rings. The molecule has 15 heavy (non-hydrogen) atoms. The van der Waals surface area contributed by atoms with Crippen LogP contribution in [0.2, 0.25) is 5.02 Å². The molecule has 2 rings (SSSR count). The Balaban J connectivity index is 1.74. The van der Waals surface area contributed by atoms with E-state index in [0.717, 1.165) is 13.0 Å². The van der Waals surface area contributed by atoms with Crippen LogP contribution in [-0.2, 0) is 6.54 Å². The zero-order valence-electron chi connectivity index (χ0n) is 8.56. The number of rotatable bonds is 6. The first kappa shape index (κ1) is 10.9. The van der Waals surface area contributed by atoms with E-state index in [2.05, 4.69) is 10.4 Å². The van der Waals surface area contributed by atoms with Gasteiger partial charge in [-0.25, -0.2) is 0 Å². The van der Waals surface area contributed by atoms with Crippen molar-refractivity contribution in [1.82, 2.24) is 15.1 Å². The van der Waals surface area contributed by atoms with Gasteiger partial charge in [-0.15, -0.1) is 0 Å². The number of aromatic nitrogens is 2. The summed E-state index contributed by atoms with van der Waals surface area (Å²) in [6.45, 7) is 0.975. The van der Waals surface area contributed by atoms with Crippen molar-refractivity contribution in [2.45, 2.75) is 37.9 Å². The van der Waals surface area contributed by atoms with Gasteiger partial charge < -0.3 is 10.4 Å². The van der Waals surface area contributed by atoms with Gasteiger partial charge in [-0.3, -0.25) is 4.68 Å². The third kappa shape index (κ3) is 3.48. The Bertz CT molecular complexity index is 311. The molecular weight excluding hydrogens is 214 g/mol. The molecule has 1 saturated carbocycles. The van der Waals surface area contributed by atoms with E-state index in [1.807, 2.05) is 0 Å². The lowest BCUT2D eigenvalue weighted by molar-refractivity contribution is 0.229. The molecule has 1 unspecified atom stereocenters. The number of nitrogens with zero attached hydrogens (tertiary/aromatic N) is 2. The Hall–Kier alpha value is -0.580. The number of aryl methyl sites for hydroxylation is 1. The molecule has 2 N–H and O–H groups in total. The van der Waals surface area contributed by atoms with E-state index in [0.29, 0.717) is 11.1 Å². The van der Waals surface area contributed by atoms with E-state index in [-0.39, 0.29) is 12.6 Å². The van der Waals surface area contributed by atoms with Crippen LogP contribution in [0, 0.1) is 0 Å². The summed E-state index contributed by atoms with van der Waals surface area (Å²) in [5.74, 6) is 0. The number of halogens is 1. The fourth-order valence-corrected chi connectivity index (χ4v) is 1.72. The Morgan fingerprint density at radius 1 is 1.67 bits per heavy atom. The van der Waals surface area contributed by atoms with Crippen LogP contribution in [0.25, 0.3) is 0 Å². The SMILES string of the molecule is OCC(CCn1cc(Cl)cn1)NC1CC1. The van der Waals surface area contributed by atoms with Crippen molar-refractivity contribution in [2.75, 3.05) is 6.61 Å². The molecular formula is C10H16ClN3O. The number of nitrogens with one attached hydrogen (secondary N) is 1. The highest BCUT2D eigenvalue weighted by Gasteiger charge is 2.23. The fraction of sp³-hybridized carbons (Fsp3) is 0.700. The maximum atomic E-state index is 9.17. The quantitative estimate of drug-likeness (QED) is 0.767. The van der Waals surface area contributed by atoms with E-state index in [1.54, 1.807) is 17.1 Å². The van der Waals surface area contributed by atoms with Gasteiger partial charge in [-0.05, 0) is 19.3 Å². The topological polar surface area (TPSA) is 50.1 Å². The van der Waals surface area contributed by atoms with Crippen molar-refractivity contribution in [2.24, 2.45) is 0 Å². The van der Waals surface area contributed by atoms with E-state index in [9.17, 15) is 0 Å². The minimum Gasteiger partial charge on any atom is -0.395 e. The number of hydrogen-bond donors (Lipinski definition) is 2. The van der Waals surface area contributed by atoms with Gasteiger partial charge in [0, 0.05) is 24.8 Å². The van der Waals surface area contributed by atoms with Gasteiger partial charge in [0.2, 0.25) is 0 Å². The first-order valence-electron chi connectivity index (χ1n) is 5.33. The molecule has 0 aliphatic heterocycles. The molecule has 0 aromatic carbocycles.